The molecule has 1 aliphatic carbocycles. The molecule has 1 heterocycles. The molecule has 3 atom stereocenters. The van der Waals surface area contributed by atoms with Gasteiger partial charge in [0.05, 0.1) is 6.10 Å². The molecule has 1 N–H and O–H groups in total. The van der Waals surface area contributed by atoms with Crippen molar-refractivity contribution in [1.29, 1.82) is 0 Å². The van der Waals surface area contributed by atoms with E-state index in [0.717, 1.165) is 6.54 Å². The van der Waals surface area contributed by atoms with Gasteiger partial charge < -0.3 is 10.1 Å². The van der Waals surface area contributed by atoms with E-state index >= 15 is 0 Å². The van der Waals surface area contributed by atoms with Gasteiger partial charge in [-0.1, -0.05) is 6.92 Å². The van der Waals surface area contributed by atoms with E-state index in [0.29, 0.717) is 18.2 Å². The summed E-state index contributed by atoms with van der Waals surface area (Å²) in [6, 6.07) is 1.41. The van der Waals surface area contributed by atoms with Crippen LogP contribution in [0.2, 0.25) is 0 Å². The number of ether oxygens (including phenoxy) is 1. The molecule has 0 aromatic heterocycles. The third-order valence-corrected chi connectivity index (χ3v) is 3.90. The van der Waals surface area contributed by atoms with Crippen molar-refractivity contribution < 1.29 is 4.74 Å². The number of methoxy groups -OCH3 is 1. The van der Waals surface area contributed by atoms with E-state index < -0.39 is 0 Å². The third-order valence-electron chi connectivity index (χ3n) is 3.90. The smallest absolute Gasteiger partial charge is 0.0726 e. The summed E-state index contributed by atoms with van der Waals surface area (Å²) in [5.74, 6) is 0. The van der Waals surface area contributed by atoms with Crippen molar-refractivity contribution in [1.82, 2.24) is 10.2 Å². The second kappa shape index (κ2) is 5.28. The Balaban J connectivity index is 1.84. The van der Waals surface area contributed by atoms with Gasteiger partial charge in [0, 0.05) is 32.3 Å². The minimum Gasteiger partial charge on any atom is -0.380 e. The zero-order valence-electron chi connectivity index (χ0n) is 10.0. The molecule has 0 aromatic rings. The first-order valence-electron chi connectivity index (χ1n) is 6.35. The van der Waals surface area contributed by atoms with Crippen LogP contribution in [0.5, 0.6) is 0 Å². The van der Waals surface area contributed by atoms with Gasteiger partial charge in [-0.3, -0.25) is 4.90 Å². The van der Waals surface area contributed by atoms with Gasteiger partial charge in [0.15, 0.2) is 0 Å². The molecule has 3 unspecified atom stereocenters. The topological polar surface area (TPSA) is 24.5 Å². The Labute approximate surface area is 93.2 Å². The second-order valence-electron chi connectivity index (χ2n) is 4.81. The number of likely N-dealkylation sites (tertiary alicyclic amines) is 1. The molecule has 2 rings (SSSR count). The molecule has 2 aliphatic rings. The van der Waals surface area contributed by atoms with Gasteiger partial charge in [-0.15, -0.1) is 0 Å². The molecular weight excluding hydrogens is 188 g/mol. The predicted octanol–water partition coefficient (Wildman–Crippen LogP) is 1.24. The standard InChI is InChI=1S/C12H24N2O/c1-3-13-10-7-8-14(9-10)11-5-4-6-12(11)15-2/h10-13H,3-9H2,1-2H3. The summed E-state index contributed by atoms with van der Waals surface area (Å²) in [5, 5.41) is 3.55. The zero-order chi connectivity index (χ0) is 10.7. The lowest BCUT2D eigenvalue weighted by Gasteiger charge is -2.28. The average Bonchev–Trinajstić information content (AvgIpc) is 2.84. The van der Waals surface area contributed by atoms with Crippen LogP contribution in [0.25, 0.3) is 0 Å². The molecular formula is C12H24N2O. The molecule has 88 valence electrons. The Bertz CT molecular complexity index is 198. The third kappa shape index (κ3) is 2.52. The molecule has 3 nitrogen and oxygen atoms in total. The second-order valence-corrected chi connectivity index (χ2v) is 4.81. The molecule has 0 radical (unpaired) electrons. The fourth-order valence-corrected chi connectivity index (χ4v) is 3.14. The molecule has 0 aromatic carbocycles. The van der Waals surface area contributed by atoms with Crippen molar-refractivity contribution in [3.63, 3.8) is 0 Å². The van der Waals surface area contributed by atoms with Crippen LogP contribution in [0.4, 0.5) is 0 Å². The Hall–Kier alpha value is -0.120. The highest BCUT2D eigenvalue weighted by atomic mass is 16.5. The molecule has 0 amide bonds. The molecule has 0 bridgehead atoms. The molecule has 1 saturated carbocycles. The van der Waals surface area contributed by atoms with Gasteiger partial charge in [0.1, 0.15) is 0 Å². The van der Waals surface area contributed by atoms with Crippen molar-refractivity contribution in [3.8, 4) is 0 Å². The van der Waals surface area contributed by atoms with Crippen LogP contribution in [0.15, 0.2) is 0 Å². The van der Waals surface area contributed by atoms with E-state index in [-0.39, 0.29) is 0 Å². The first-order valence-corrected chi connectivity index (χ1v) is 6.35. The Kier molecular flexibility index (Phi) is 4.00. The number of nitrogens with zero attached hydrogens (tertiary/aromatic N) is 1. The van der Waals surface area contributed by atoms with Crippen molar-refractivity contribution >= 4 is 0 Å². The quantitative estimate of drug-likeness (QED) is 0.759. The summed E-state index contributed by atoms with van der Waals surface area (Å²) < 4.78 is 5.57. The summed E-state index contributed by atoms with van der Waals surface area (Å²) in [7, 11) is 1.86. The summed E-state index contributed by atoms with van der Waals surface area (Å²) in [6.45, 7) is 5.76. The lowest BCUT2D eigenvalue weighted by molar-refractivity contribution is 0.0415. The van der Waals surface area contributed by atoms with Crippen LogP contribution in [-0.2, 0) is 4.74 Å². The molecule has 15 heavy (non-hydrogen) atoms. The number of likely N-dealkylation sites (N-methyl/N-ethyl adjacent to an activating group) is 1. The SMILES string of the molecule is CCNC1CCN(C2CCCC2OC)C1. The molecule has 1 aliphatic heterocycles. The van der Waals surface area contributed by atoms with Crippen LogP contribution < -0.4 is 5.32 Å². The summed E-state index contributed by atoms with van der Waals surface area (Å²) in [4.78, 5) is 2.63. The van der Waals surface area contributed by atoms with Crippen molar-refractivity contribution in [2.75, 3.05) is 26.7 Å². The maximum absolute atomic E-state index is 5.57. The van der Waals surface area contributed by atoms with E-state index in [1.54, 1.807) is 0 Å². The molecule has 1 saturated heterocycles. The first kappa shape index (κ1) is 11.4. The van der Waals surface area contributed by atoms with Crippen LogP contribution in [0.1, 0.15) is 32.6 Å². The largest absolute Gasteiger partial charge is 0.380 e. The van der Waals surface area contributed by atoms with Crippen LogP contribution in [-0.4, -0.2) is 49.8 Å². The lowest BCUT2D eigenvalue weighted by Crippen LogP contribution is -2.41. The van der Waals surface area contributed by atoms with Crippen molar-refractivity contribution in [3.05, 3.63) is 0 Å². The Morgan fingerprint density at radius 1 is 1.33 bits per heavy atom. The van der Waals surface area contributed by atoms with Crippen molar-refractivity contribution in [2.24, 2.45) is 0 Å². The number of nitrogens with one attached hydrogen (secondary N) is 1. The minimum atomic E-state index is 0.491. The summed E-state index contributed by atoms with van der Waals surface area (Å²) in [6.07, 6.45) is 5.72. The molecule has 0 spiro atoms. The van der Waals surface area contributed by atoms with E-state index in [2.05, 4.69) is 17.1 Å². The maximum atomic E-state index is 5.57. The number of hydrogen-bond acceptors (Lipinski definition) is 3. The highest BCUT2D eigenvalue weighted by Crippen LogP contribution is 2.28. The number of rotatable bonds is 4. The highest BCUT2D eigenvalue weighted by Gasteiger charge is 2.35. The zero-order valence-corrected chi connectivity index (χ0v) is 10.0. The maximum Gasteiger partial charge on any atom is 0.0726 e. The lowest BCUT2D eigenvalue weighted by atomic mass is 10.2. The van der Waals surface area contributed by atoms with Gasteiger partial charge in [0.25, 0.3) is 0 Å². The summed E-state index contributed by atoms with van der Waals surface area (Å²) in [5.41, 5.74) is 0. The highest BCUT2D eigenvalue weighted by molar-refractivity contribution is 4.92. The number of hydrogen-bond donors (Lipinski definition) is 1. The van der Waals surface area contributed by atoms with Gasteiger partial charge in [-0.2, -0.15) is 0 Å². The van der Waals surface area contributed by atoms with Gasteiger partial charge >= 0.3 is 0 Å². The molecule has 3 heteroatoms. The fourth-order valence-electron chi connectivity index (χ4n) is 3.14. The van der Waals surface area contributed by atoms with E-state index in [1.165, 1.54) is 38.8 Å². The molecule has 2 fully saturated rings. The summed E-state index contributed by atoms with van der Waals surface area (Å²) >= 11 is 0. The van der Waals surface area contributed by atoms with Gasteiger partial charge in [0.2, 0.25) is 0 Å². The predicted molar refractivity (Wildman–Crippen MR) is 62.1 cm³/mol. The van der Waals surface area contributed by atoms with E-state index in [1.807, 2.05) is 7.11 Å². The van der Waals surface area contributed by atoms with Crippen LogP contribution in [0.3, 0.4) is 0 Å². The fraction of sp³-hybridized carbons (Fsp3) is 1.00. The normalized spacial score (nSPS) is 37.6. The van der Waals surface area contributed by atoms with Gasteiger partial charge in [-0.25, -0.2) is 0 Å². The minimum absolute atomic E-state index is 0.491. The van der Waals surface area contributed by atoms with Crippen LogP contribution in [0, 0.1) is 0 Å². The van der Waals surface area contributed by atoms with E-state index in [9.17, 15) is 0 Å². The van der Waals surface area contributed by atoms with Gasteiger partial charge in [-0.05, 0) is 32.2 Å². The monoisotopic (exact) mass is 212 g/mol. The van der Waals surface area contributed by atoms with Crippen molar-refractivity contribution in [2.45, 2.75) is 50.8 Å². The van der Waals surface area contributed by atoms with E-state index in [4.69, 9.17) is 4.74 Å². The van der Waals surface area contributed by atoms with Crippen LogP contribution >= 0.6 is 0 Å². The first-order chi connectivity index (χ1) is 7.35. The Morgan fingerprint density at radius 3 is 2.93 bits per heavy atom. The Morgan fingerprint density at radius 2 is 2.20 bits per heavy atom. The average molecular weight is 212 g/mol.